The second kappa shape index (κ2) is 10.4. The van der Waals surface area contributed by atoms with Gasteiger partial charge < -0.3 is 14.8 Å². The third kappa shape index (κ3) is 5.56. The number of para-hydroxylation sites is 1. The number of aliphatic imine (C=N–C) groups is 1. The number of hydrogen-bond donors (Lipinski definition) is 1. The maximum atomic E-state index is 12.4. The first-order chi connectivity index (χ1) is 16.4. The molecule has 4 rings (SSSR count). The third-order valence-corrected chi connectivity index (χ3v) is 5.91. The van der Waals surface area contributed by atoms with Crippen LogP contribution in [-0.2, 0) is 11.4 Å². The molecule has 172 valence electrons. The Labute approximate surface area is 204 Å². The van der Waals surface area contributed by atoms with E-state index in [0.29, 0.717) is 32.2 Å². The number of hydrogen-bond acceptors (Lipinski definition) is 7. The molecule has 0 atom stereocenters. The van der Waals surface area contributed by atoms with E-state index >= 15 is 0 Å². The Morgan fingerprint density at radius 1 is 1.15 bits per heavy atom. The van der Waals surface area contributed by atoms with Gasteiger partial charge in [-0.15, -0.1) is 0 Å². The van der Waals surface area contributed by atoms with Gasteiger partial charge in [0.15, 0.2) is 16.7 Å². The smallest absolute Gasteiger partial charge is 0.269 e. The van der Waals surface area contributed by atoms with Gasteiger partial charge in [-0.1, -0.05) is 29.8 Å². The van der Waals surface area contributed by atoms with Gasteiger partial charge in [0, 0.05) is 12.1 Å². The van der Waals surface area contributed by atoms with Crippen LogP contribution in [-0.4, -0.2) is 23.1 Å². The highest BCUT2D eigenvalue weighted by Crippen LogP contribution is 2.38. The van der Waals surface area contributed by atoms with Gasteiger partial charge in [-0.3, -0.25) is 14.9 Å². The lowest BCUT2D eigenvalue weighted by Crippen LogP contribution is -2.19. The lowest BCUT2D eigenvalue weighted by Gasteiger charge is -2.13. The summed E-state index contributed by atoms with van der Waals surface area (Å²) in [5.41, 5.74) is 2.13. The number of amides is 1. The maximum absolute atomic E-state index is 12.4. The second-order valence-electron chi connectivity index (χ2n) is 7.06. The number of halogens is 1. The summed E-state index contributed by atoms with van der Waals surface area (Å²) < 4.78 is 11.3. The fourth-order valence-electron chi connectivity index (χ4n) is 3.08. The Kier molecular flexibility index (Phi) is 7.15. The molecule has 1 aliphatic heterocycles. The zero-order chi connectivity index (χ0) is 24.1. The highest BCUT2D eigenvalue weighted by atomic mass is 35.5. The fraction of sp³-hybridized carbons (Fsp3) is 0.0833. The lowest BCUT2D eigenvalue weighted by molar-refractivity contribution is -0.384. The van der Waals surface area contributed by atoms with Gasteiger partial charge >= 0.3 is 0 Å². The van der Waals surface area contributed by atoms with Gasteiger partial charge in [0.2, 0.25) is 0 Å². The Hall–Kier alpha value is -3.82. The number of non-ortho nitro benzene ring substituents is 1. The number of nitrogens with one attached hydrogen (secondary N) is 1. The van der Waals surface area contributed by atoms with Crippen LogP contribution in [0.25, 0.3) is 6.08 Å². The van der Waals surface area contributed by atoms with Crippen molar-refractivity contribution in [2.75, 3.05) is 7.11 Å². The minimum atomic E-state index is -0.461. The first-order valence-electron chi connectivity index (χ1n) is 10.0. The summed E-state index contributed by atoms with van der Waals surface area (Å²) >= 11 is 7.68. The van der Waals surface area contributed by atoms with E-state index in [9.17, 15) is 14.9 Å². The van der Waals surface area contributed by atoms with Crippen LogP contribution < -0.4 is 14.8 Å². The van der Waals surface area contributed by atoms with Crippen LogP contribution in [0.15, 0.2) is 76.6 Å². The number of nitrogens with zero attached hydrogens (tertiary/aromatic N) is 2. The molecule has 0 saturated carbocycles. The molecule has 0 unspecified atom stereocenters. The molecular weight excluding hydrogens is 478 g/mol. The predicted molar refractivity (Wildman–Crippen MR) is 133 cm³/mol. The van der Waals surface area contributed by atoms with E-state index in [-0.39, 0.29) is 18.2 Å². The summed E-state index contributed by atoms with van der Waals surface area (Å²) in [4.78, 5) is 27.6. The number of amidine groups is 1. The van der Waals surface area contributed by atoms with Crippen molar-refractivity contribution in [2.45, 2.75) is 6.61 Å². The van der Waals surface area contributed by atoms with E-state index in [1.54, 1.807) is 30.3 Å². The Morgan fingerprint density at radius 3 is 2.56 bits per heavy atom. The minimum Gasteiger partial charge on any atom is -0.493 e. The number of carbonyl (C=O) groups excluding carboxylic acids is 1. The molecule has 0 aromatic heterocycles. The number of methoxy groups -OCH3 is 1. The summed E-state index contributed by atoms with van der Waals surface area (Å²) in [7, 11) is 1.49. The van der Waals surface area contributed by atoms with Crippen LogP contribution in [0, 0.1) is 10.1 Å². The average Bonchev–Trinajstić information content (AvgIpc) is 3.17. The van der Waals surface area contributed by atoms with Crippen molar-refractivity contribution in [3.8, 4) is 11.5 Å². The SMILES string of the molecule is COc1cc(/C=C2\SC(=Nc3ccccc3)NC2=O)cc(Cl)c1OCc1ccc([N+](=O)[O-])cc1. The minimum absolute atomic E-state index is 0.00235. The van der Waals surface area contributed by atoms with Crippen molar-refractivity contribution in [1.29, 1.82) is 0 Å². The summed E-state index contributed by atoms with van der Waals surface area (Å²) in [5.74, 6) is 0.468. The number of benzene rings is 3. The zero-order valence-corrected chi connectivity index (χ0v) is 19.4. The highest BCUT2D eigenvalue weighted by molar-refractivity contribution is 8.18. The topological polar surface area (TPSA) is 103 Å². The van der Waals surface area contributed by atoms with Crippen molar-refractivity contribution >= 4 is 51.9 Å². The maximum Gasteiger partial charge on any atom is 0.269 e. The van der Waals surface area contributed by atoms with Crippen molar-refractivity contribution < 1.29 is 19.2 Å². The van der Waals surface area contributed by atoms with Crippen LogP contribution in [0.2, 0.25) is 5.02 Å². The summed E-state index contributed by atoms with van der Waals surface area (Å²) in [6.07, 6.45) is 1.70. The van der Waals surface area contributed by atoms with Gasteiger partial charge in [0.05, 0.1) is 27.6 Å². The molecular formula is C24H18ClN3O5S. The van der Waals surface area contributed by atoms with E-state index in [1.165, 1.54) is 31.0 Å². The standard InChI is InChI=1S/C24H18ClN3O5S/c1-32-20-12-16(13-21-23(29)27-24(34-21)26-17-5-3-2-4-6-17)11-19(25)22(20)33-14-15-7-9-18(10-8-15)28(30)31/h2-13H,14H2,1H3,(H,26,27,29)/b21-13-. The van der Waals surface area contributed by atoms with E-state index in [1.807, 2.05) is 30.3 Å². The van der Waals surface area contributed by atoms with Crippen molar-refractivity contribution in [3.05, 3.63) is 97.9 Å². The molecule has 10 heteroatoms. The number of ether oxygens (including phenoxy) is 2. The molecule has 0 aliphatic carbocycles. The van der Waals surface area contributed by atoms with Gasteiger partial charge in [0.1, 0.15) is 6.61 Å². The van der Waals surface area contributed by atoms with E-state index in [2.05, 4.69) is 10.3 Å². The largest absolute Gasteiger partial charge is 0.493 e. The molecule has 8 nitrogen and oxygen atoms in total. The Morgan fingerprint density at radius 2 is 1.88 bits per heavy atom. The number of thioether (sulfide) groups is 1. The number of nitro benzene ring substituents is 1. The third-order valence-electron chi connectivity index (χ3n) is 4.72. The van der Waals surface area contributed by atoms with Crippen LogP contribution in [0.3, 0.4) is 0 Å². The van der Waals surface area contributed by atoms with Crippen LogP contribution in [0.4, 0.5) is 11.4 Å². The van der Waals surface area contributed by atoms with Gasteiger partial charge in [-0.2, -0.15) is 0 Å². The average molecular weight is 496 g/mol. The molecule has 0 bridgehead atoms. The molecule has 34 heavy (non-hydrogen) atoms. The molecule has 3 aromatic rings. The van der Waals surface area contributed by atoms with E-state index in [4.69, 9.17) is 21.1 Å². The summed E-state index contributed by atoms with van der Waals surface area (Å²) in [5, 5.41) is 14.3. The molecule has 1 saturated heterocycles. The summed E-state index contributed by atoms with van der Waals surface area (Å²) in [6, 6.07) is 18.8. The van der Waals surface area contributed by atoms with Gasteiger partial charge in [-0.25, -0.2) is 4.99 Å². The number of rotatable bonds is 7. The normalized spacial score (nSPS) is 15.4. The molecule has 1 amide bonds. The first kappa shape index (κ1) is 23.3. The molecule has 1 aliphatic rings. The van der Waals surface area contributed by atoms with Crippen molar-refractivity contribution in [1.82, 2.24) is 5.32 Å². The molecule has 1 N–H and O–H groups in total. The van der Waals surface area contributed by atoms with Crippen molar-refractivity contribution in [2.24, 2.45) is 4.99 Å². The predicted octanol–water partition coefficient (Wildman–Crippen LogP) is 5.73. The number of nitro groups is 1. The van der Waals surface area contributed by atoms with Crippen molar-refractivity contribution in [3.63, 3.8) is 0 Å². The van der Waals surface area contributed by atoms with Gasteiger partial charge in [-0.05, 0) is 65.4 Å². The van der Waals surface area contributed by atoms with Crippen LogP contribution in [0.5, 0.6) is 11.5 Å². The quantitative estimate of drug-likeness (QED) is 0.255. The van der Waals surface area contributed by atoms with Crippen LogP contribution in [0.1, 0.15) is 11.1 Å². The molecule has 0 spiro atoms. The molecule has 1 fully saturated rings. The number of carbonyl (C=O) groups is 1. The first-order valence-corrected chi connectivity index (χ1v) is 11.2. The molecule has 1 heterocycles. The Balaban J connectivity index is 1.51. The highest BCUT2D eigenvalue weighted by Gasteiger charge is 2.24. The van der Waals surface area contributed by atoms with E-state index in [0.717, 1.165) is 11.3 Å². The molecule has 0 radical (unpaired) electrons. The fourth-order valence-corrected chi connectivity index (χ4v) is 4.20. The monoisotopic (exact) mass is 495 g/mol. The van der Waals surface area contributed by atoms with Gasteiger partial charge in [0.25, 0.3) is 11.6 Å². The lowest BCUT2D eigenvalue weighted by atomic mass is 10.1. The molecule has 3 aromatic carbocycles. The second-order valence-corrected chi connectivity index (χ2v) is 8.50. The van der Waals surface area contributed by atoms with E-state index < -0.39 is 4.92 Å². The van der Waals surface area contributed by atoms with Crippen LogP contribution >= 0.6 is 23.4 Å². The summed E-state index contributed by atoms with van der Waals surface area (Å²) in [6.45, 7) is 0.145. The zero-order valence-electron chi connectivity index (χ0n) is 17.9. The Bertz CT molecular complexity index is 1290.